The molecule has 2 amide bonds. The lowest BCUT2D eigenvalue weighted by molar-refractivity contribution is -0.111. The average Bonchev–Trinajstić information content (AvgIpc) is 3.25. The standard InChI is InChI=1S/C22H24N2O4/c1-27-20-7-3-2-5-16(20)10-13-21(25)24-18-11-8-17(9-12-18)22(26)23-15-19-6-4-14-28-19/h2-3,5,7-13,19H,4,6,14-15H2,1H3,(H,23,26)(H,24,25)/b13-10+. The molecule has 1 fully saturated rings. The van der Waals surface area contributed by atoms with E-state index in [0.29, 0.717) is 23.5 Å². The topological polar surface area (TPSA) is 76.7 Å². The Morgan fingerprint density at radius 2 is 1.96 bits per heavy atom. The summed E-state index contributed by atoms with van der Waals surface area (Å²) in [6.07, 6.45) is 5.27. The minimum absolute atomic E-state index is 0.109. The van der Waals surface area contributed by atoms with Gasteiger partial charge in [-0.1, -0.05) is 18.2 Å². The molecule has 6 heteroatoms. The molecule has 0 radical (unpaired) electrons. The minimum Gasteiger partial charge on any atom is -0.496 e. The summed E-state index contributed by atoms with van der Waals surface area (Å²) in [6.45, 7) is 1.28. The van der Waals surface area contributed by atoms with Crippen molar-refractivity contribution < 1.29 is 19.1 Å². The molecular formula is C22H24N2O4. The highest BCUT2D eigenvalue weighted by atomic mass is 16.5. The molecule has 146 valence electrons. The van der Waals surface area contributed by atoms with E-state index in [2.05, 4.69) is 10.6 Å². The van der Waals surface area contributed by atoms with Gasteiger partial charge >= 0.3 is 0 Å². The van der Waals surface area contributed by atoms with E-state index in [-0.39, 0.29) is 17.9 Å². The number of hydrogen-bond donors (Lipinski definition) is 2. The minimum atomic E-state index is -0.263. The highest BCUT2D eigenvalue weighted by Crippen LogP contribution is 2.19. The third-order valence-corrected chi connectivity index (χ3v) is 4.48. The Morgan fingerprint density at radius 1 is 1.18 bits per heavy atom. The molecule has 2 N–H and O–H groups in total. The van der Waals surface area contributed by atoms with Crippen LogP contribution in [0.5, 0.6) is 5.75 Å². The first-order valence-electron chi connectivity index (χ1n) is 9.27. The maximum Gasteiger partial charge on any atom is 0.251 e. The van der Waals surface area contributed by atoms with E-state index in [9.17, 15) is 9.59 Å². The van der Waals surface area contributed by atoms with Crippen molar-refractivity contribution in [3.05, 3.63) is 65.7 Å². The van der Waals surface area contributed by atoms with Gasteiger partial charge < -0.3 is 20.1 Å². The van der Waals surface area contributed by atoms with Crippen LogP contribution in [-0.2, 0) is 9.53 Å². The van der Waals surface area contributed by atoms with E-state index >= 15 is 0 Å². The van der Waals surface area contributed by atoms with Crippen molar-refractivity contribution in [3.8, 4) is 5.75 Å². The summed E-state index contributed by atoms with van der Waals surface area (Å²) < 4.78 is 10.8. The van der Waals surface area contributed by atoms with Crippen molar-refractivity contribution in [3.63, 3.8) is 0 Å². The molecule has 0 aliphatic carbocycles. The molecule has 1 unspecified atom stereocenters. The molecular weight excluding hydrogens is 356 g/mol. The van der Waals surface area contributed by atoms with Crippen LogP contribution in [0.3, 0.4) is 0 Å². The van der Waals surface area contributed by atoms with Gasteiger partial charge in [-0.3, -0.25) is 9.59 Å². The predicted octanol–water partition coefficient (Wildman–Crippen LogP) is 3.26. The third-order valence-electron chi connectivity index (χ3n) is 4.48. The summed E-state index contributed by atoms with van der Waals surface area (Å²) in [5.41, 5.74) is 1.98. The first-order chi connectivity index (χ1) is 13.7. The van der Waals surface area contributed by atoms with E-state index in [1.165, 1.54) is 6.08 Å². The quantitative estimate of drug-likeness (QED) is 0.723. The molecule has 28 heavy (non-hydrogen) atoms. The number of amides is 2. The molecule has 6 nitrogen and oxygen atoms in total. The van der Waals surface area contributed by atoms with Crippen molar-refractivity contribution in [1.82, 2.24) is 5.32 Å². The van der Waals surface area contributed by atoms with E-state index in [0.717, 1.165) is 25.0 Å². The molecule has 0 spiro atoms. The number of hydrogen-bond acceptors (Lipinski definition) is 4. The molecule has 0 saturated carbocycles. The highest BCUT2D eigenvalue weighted by molar-refractivity contribution is 6.02. The predicted molar refractivity (Wildman–Crippen MR) is 108 cm³/mol. The van der Waals surface area contributed by atoms with E-state index in [1.807, 2.05) is 24.3 Å². The van der Waals surface area contributed by atoms with Crippen LogP contribution in [0.15, 0.2) is 54.6 Å². The van der Waals surface area contributed by atoms with Crippen LogP contribution >= 0.6 is 0 Å². The normalized spacial score (nSPS) is 16.1. The summed E-state index contributed by atoms with van der Waals surface area (Å²) in [4.78, 5) is 24.3. The Balaban J connectivity index is 1.52. The summed E-state index contributed by atoms with van der Waals surface area (Å²) >= 11 is 0. The molecule has 3 rings (SSSR count). The SMILES string of the molecule is COc1ccccc1/C=C/C(=O)Nc1ccc(C(=O)NCC2CCCO2)cc1. The molecule has 1 saturated heterocycles. The first kappa shape index (κ1) is 19.6. The summed E-state index contributed by atoms with van der Waals surface area (Å²) in [5, 5.41) is 5.65. The summed E-state index contributed by atoms with van der Waals surface area (Å²) in [5.74, 6) is 0.288. The lowest BCUT2D eigenvalue weighted by atomic mass is 10.1. The zero-order valence-corrected chi connectivity index (χ0v) is 15.8. The van der Waals surface area contributed by atoms with Gasteiger partial charge in [-0.2, -0.15) is 0 Å². The van der Waals surface area contributed by atoms with Gasteiger partial charge in [0.15, 0.2) is 0 Å². The second-order valence-electron chi connectivity index (χ2n) is 6.49. The van der Waals surface area contributed by atoms with Gasteiger partial charge in [-0.05, 0) is 49.2 Å². The fourth-order valence-corrected chi connectivity index (χ4v) is 2.97. The van der Waals surface area contributed by atoms with Crippen LogP contribution in [0.1, 0.15) is 28.8 Å². The molecule has 1 aliphatic heterocycles. The van der Waals surface area contributed by atoms with Crippen molar-refractivity contribution in [1.29, 1.82) is 0 Å². The lowest BCUT2D eigenvalue weighted by Crippen LogP contribution is -2.31. The van der Waals surface area contributed by atoms with E-state index in [4.69, 9.17) is 9.47 Å². The average molecular weight is 380 g/mol. The Labute approximate surface area is 164 Å². The van der Waals surface area contributed by atoms with Crippen LogP contribution in [0.4, 0.5) is 5.69 Å². The fourth-order valence-electron chi connectivity index (χ4n) is 2.97. The molecule has 2 aromatic rings. The van der Waals surface area contributed by atoms with Gasteiger partial charge in [0.25, 0.3) is 5.91 Å². The van der Waals surface area contributed by atoms with Gasteiger partial charge in [-0.25, -0.2) is 0 Å². The van der Waals surface area contributed by atoms with Crippen molar-refractivity contribution in [2.45, 2.75) is 18.9 Å². The van der Waals surface area contributed by atoms with E-state index < -0.39 is 0 Å². The molecule has 2 aromatic carbocycles. The maximum atomic E-state index is 12.2. The van der Waals surface area contributed by atoms with Crippen molar-refractivity contribution in [2.75, 3.05) is 25.6 Å². The van der Waals surface area contributed by atoms with Gasteiger partial charge in [0.1, 0.15) is 5.75 Å². The third kappa shape index (κ3) is 5.44. The van der Waals surface area contributed by atoms with Crippen LogP contribution in [0.25, 0.3) is 6.08 Å². The molecule has 1 heterocycles. The maximum absolute atomic E-state index is 12.2. The first-order valence-corrected chi connectivity index (χ1v) is 9.27. The Hall–Kier alpha value is -3.12. The number of ether oxygens (including phenoxy) is 2. The summed E-state index contributed by atoms with van der Waals surface area (Å²) in [6, 6.07) is 14.2. The number of nitrogens with one attached hydrogen (secondary N) is 2. The lowest BCUT2D eigenvalue weighted by Gasteiger charge is -2.11. The smallest absolute Gasteiger partial charge is 0.251 e. The molecule has 0 bridgehead atoms. The second kappa shape index (κ2) is 9.71. The van der Waals surface area contributed by atoms with E-state index in [1.54, 1.807) is 37.5 Å². The van der Waals surface area contributed by atoms with Gasteiger partial charge in [0, 0.05) is 36.0 Å². The second-order valence-corrected chi connectivity index (χ2v) is 6.49. The number of rotatable bonds is 7. The van der Waals surface area contributed by atoms with Crippen LogP contribution < -0.4 is 15.4 Å². The van der Waals surface area contributed by atoms with Crippen molar-refractivity contribution in [2.24, 2.45) is 0 Å². The Morgan fingerprint density at radius 3 is 2.68 bits per heavy atom. The number of carbonyl (C=O) groups excluding carboxylic acids is 2. The number of benzene rings is 2. The Kier molecular flexibility index (Phi) is 6.81. The summed E-state index contributed by atoms with van der Waals surface area (Å²) in [7, 11) is 1.59. The van der Waals surface area contributed by atoms with Gasteiger partial charge in [0.2, 0.25) is 5.91 Å². The highest BCUT2D eigenvalue weighted by Gasteiger charge is 2.16. The monoisotopic (exact) mass is 380 g/mol. The number of methoxy groups -OCH3 is 1. The number of carbonyl (C=O) groups is 2. The fraction of sp³-hybridized carbons (Fsp3) is 0.273. The molecule has 1 aliphatic rings. The molecule has 0 aromatic heterocycles. The molecule has 1 atom stereocenters. The van der Waals surface area contributed by atoms with Crippen LogP contribution in [-0.4, -0.2) is 38.2 Å². The van der Waals surface area contributed by atoms with Crippen LogP contribution in [0.2, 0.25) is 0 Å². The Bertz CT molecular complexity index is 840. The number of anilines is 1. The van der Waals surface area contributed by atoms with Gasteiger partial charge in [-0.15, -0.1) is 0 Å². The zero-order valence-electron chi connectivity index (χ0n) is 15.8. The van der Waals surface area contributed by atoms with Crippen LogP contribution in [0, 0.1) is 0 Å². The van der Waals surface area contributed by atoms with Gasteiger partial charge in [0.05, 0.1) is 13.2 Å². The number of para-hydroxylation sites is 1. The van der Waals surface area contributed by atoms with Crippen molar-refractivity contribution >= 4 is 23.6 Å². The largest absolute Gasteiger partial charge is 0.496 e. The zero-order chi connectivity index (χ0) is 19.8.